The Balaban J connectivity index is 1.35. The van der Waals surface area contributed by atoms with Gasteiger partial charge in [-0.05, 0) is 40.7 Å². The van der Waals surface area contributed by atoms with Gasteiger partial charge in [-0.2, -0.15) is 11.8 Å². The highest BCUT2D eigenvalue weighted by Crippen LogP contribution is 2.44. The maximum absolute atomic E-state index is 12.4. The number of benzene rings is 2. The number of rotatable bonds is 9. The maximum Gasteiger partial charge on any atom is 0.413 e. The van der Waals surface area contributed by atoms with Crippen LogP contribution < -0.4 is 10.6 Å². The second kappa shape index (κ2) is 10.7. The van der Waals surface area contributed by atoms with Crippen molar-refractivity contribution in [1.29, 1.82) is 0 Å². The summed E-state index contributed by atoms with van der Waals surface area (Å²) in [6.07, 6.45) is 2.80. The van der Waals surface area contributed by atoms with Crippen molar-refractivity contribution in [2.24, 2.45) is 0 Å². The fourth-order valence-electron chi connectivity index (χ4n) is 3.88. The number of carbonyl (C=O) groups excluding carboxylic acids is 2. The second-order valence-corrected chi connectivity index (χ2v) is 9.64. The highest BCUT2D eigenvalue weighted by Gasteiger charge is 2.29. The van der Waals surface area contributed by atoms with Crippen LogP contribution in [0.5, 0.6) is 0 Å². The molecule has 8 nitrogen and oxygen atoms in total. The van der Waals surface area contributed by atoms with Crippen LogP contribution in [0.15, 0.2) is 54.7 Å². The van der Waals surface area contributed by atoms with Gasteiger partial charge in [0.2, 0.25) is 0 Å². The zero-order chi connectivity index (χ0) is 24.1. The van der Waals surface area contributed by atoms with Crippen molar-refractivity contribution in [3.05, 3.63) is 70.7 Å². The number of fused-ring (bicyclic) bond motifs is 3. The minimum absolute atomic E-state index is 0.0648. The van der Waals surface area contributed by atoms with Crippen LogP contribution >= 0.6 is 23.1 Å². The highest BCUT2D eigenvalue weighted by molar-refractivity contribution is 7.98. The third kappa shape index (κ3) is 5.23. The molecule has 1 atom stereocenters. The minimum atomic E-state index is -1.09. The van der Waals surface area contributed by atoms with E-state index in [4.69, 9.17) is 4.74 Å². The number of carboxylic acids is 1. The van der Waals surface area contributed by atoms with Gasteiger partial charge < -0.3 is 15.2 Å². The Morgan fingerprint density at radius 3 is 2.38 bits per heavy atom. The number of nitrogens with zero attached hydrogens (tertiary/aromatic N) is 1. The smallest absolute Gasteiger partial charge is 0.413 e. The van der Waals surface area contributed by atoms with E-state index in [0.29, 0.717) is 12.2 Å². The van der Waals surface area contributed by atoms with E-state index in [1.807, 2.05) is 42.7 Å². The zero-order valence-corrected chi connectivity index (χ0v) is 19.9. The Kier molecular flexibility index (Phi) is 7.49. The van der Waals surface area contributed by atoms with E-state index in [1.54, 1.807) is 0 Å². The first-order valence-electron chi connectivity index (χ1n) is 10.6. The quantitative estimate of drug-likeness (QED) is 0.400. The number of aliphatic carboxylic acids is 1. The minimum Gasteiger partial charge on any atom is -0.480 e. The molecule has 1 aliphatic carbocycles. The fraction of sp³-hybridized carbons (Fsp3) is 0.250. The van der Waals surface area contributed by atoms with E-state index in [1.165, 1.54) is 18.0 Å². The number of thioether (sulfide) groups is 1. The lowest BCUT2D eigenvalue weighted by Gasteiger charge is -2.14. The molecular weight excluding hydrogens is 474 g/mol. The van der Waals surface area contributed by atoms with Gasteiger partial charge in [-0.15, -0.1) is 0 Å². The van der Waals surface area contributed by atoms with Crippen LogP contribution in [0.3, 0.4) is 0 Å². The molecule has 3 aromatic rings. The summed E-state index contributed by atoms with van der Waals surface area (Å²) in [6, 6.07) is 15.1. The molecule has 3 N–H and O–H groups in total. The third-order valence-corrected chi connectivity index (χ3v) is 7.05. The highest BCUT2D eigenvalue weighted by atomic mass is 32.2. The second-order valence-electron chi connectivity index (χ2n) is 7.63. The molecule has 34 heavy (non-hydrogen) atoms. The molecule has 0 saturated carbocycles. The predicted octanol–water partition coefficient (Wildman–Crippen LogP) is 4.44. The van der Waals surface area contributed by atoms with Crippen molar-refractivity contribution < 1.29 is 24.2 Å². The summed E-state index contributed by atoms with van der Waals surface area (Å²) in [5.74, 6) is -1.10. The number of hydrogen-bond acceptors (Lipinski definition) is 7. The van der Waals surface area contributed by atoms with Crippen molar-refractivity contribution in [3.63, 3.8) is 0 Å². The van der Waals surface area contributed by atoms with Crippen LogP contribution in [0.25, 0.3) is 11.1 Å². The van der Waals surface area contributed by atoms with Gasteiger partial charge >= 0.3 is 12.1 Å². The van der Waals surface area contributed by atoms with E-state index in [0.717, 1.165) is 33.6 Å². The predicted molar refractivity (Wildman–Crippen MR) is 133 cm³/mol. The van der Waals surface area contributed by atoms with Gasteiger partial charge in [0.05, 0.1) is 6.20 Å². The molecule has 0 unspecified atom stereocenters. The molecule has 0 fully saturated rings. The number of thiazole rings is 1. The molecule has 1 heterocycles. The normalized spacial score (nSPS) is 13.0. The topological polar surface area (TPSA) is 118 Å². The average Bonchev–Trinajstić information content (AvgIpc) is 3.43. The molecule has 2 aromatic carbocycles. The Labute approximate surface area is 204 Å². The molecule has 0 bridgehead atoms. The van der Waals surface area contributed by atoms with Crippen molar-refractivity contribution >= 4 is 46.2 Å². The summed E-state index contributed by atoms with van der Waals surface area (Å²) in [5, 5.41) is 14.5. The summed E-state index contributed by atoms with van der Waals surface area (Å²) in [6.45, 7) is 0.161. The molecule has 176 valence electrons. The molecule has 2 amide bonds. The summed E-state index contributed by atoms with van der Waals surface area (Å²) < 4.78 is 5.49. The summed E-state index contributed by atoms with van der Waals surface area (Å²) in [4.78, 5) is 40.4. The van der Waals surface area contributed by atoms with Crippen molar-refractivity contribution in [2.45, 2.75) is 18.4 Å². The molecule has 1 aliphatic rings. The van der Waals surface area contributed by atoms with Gasteiger partial charge in [0.25, 0.3) is 5.91 Å². The number of hydrogen-bond donors (Lipinski definition) is 3. The Bertz CT molecular complexity index is 1170. The van der Waals surface area contributed by atoms with Crippen LogP contribution in [0.2, 0.25) is 0 Å². The molecule has 0 aliphatic heterocycles. The first kappa shape index (κ1) is 23.8. The van der Waals surface area contributed by atoms with Gasteiger partial charge in [0, 0.05) is 5.92 Å². The lowest BCUT2D eigenvalue weighted by molar-refractivity contribution is -0.139. The van der Waals surface area contributed by atoms with E-state index in [-0.39, 0.29) is 22.5 Å². The maximum atomic E-state index is 12.4. The molecule has 4 rings (SSSR count). The Hall–Kier alpha value is -3.37. The van der Waals surface area contributed by atoms with E-state index in [2.05, 4.69) is 27.8 Å². The van der Waals surface area contributed by atoms with E-state index in [9.17, 15) is 19.5 Å². The molecule has 10 heteroatoms. The van der Waals surface area contributed by atoms with Gasteiger partial charge in [-0.25, -0.2) is 14.6 Å². The SMILES string of the molecule is CSCC[C@H](NC(=O)c1cnc(NC(=O)OCC2c3ccccc3-c3ccccc32)s1)C(=O)O. The molecular formula is C24H23N3O5S2. The van der Waals surface area contributed by atoms with Gasteiger partial charge in [0.1, 0.15) is 17.5 Å². The number of ether oxygens (including phenoxy) is 1. The number of nitrogens with one attached hydrogen (secondary N) is 2. The van der Waals surface area contributed by atoms with Gasteiger partial charge in [-0.1, -0.05) is 59.9 Å². The lowest BCUT2D eigenvalue weighted by atomic mass is 9.98. The van der Waals surface area contributed by atoms with Gasteiger partial charge in [-0.3, -0.25) is 10.1 Å². The largest absolute Gasteiger partial charge is 0.480 e. The monoisotopic (exact) mass is 497 g/mol. The fourth-order valence-corrected chi connectivity index (χ4v) is 5.06. The Morgan fingerprint density at radius 1 is 1.12 bits per heavy atom. The standard InChI is InChI=1S/C24H23N3O5S2/c1-33-11-10-19(22(29)30)26-21(28)20-12-25-23(34-20)27-24(31)32-13-18-16-8-4-2-6-14(16)15-7-3-5-9-17(15)18/h2-9,12,18-19H,10-11,13H2,1H3,(H,26,28)(H,29,30)(H,25,27,31)/t19-/m0/s1. The van der Waals surface area contributed by atoms with Crippen molar-refractivity contribution in [3.8, 4) is 11.1 Å². The lowest BCUT2D eigenvalue weighted by Crippen LogP contribution is -2.40. The first-order valence-corrected chi connectivity index (χ1v) is 12.8. The van der Waals surface area contributed by atoms with Crippen LogP contribution in [0, 0.1) is 0 Å². The number of carbonyl (C=O) groups is 3. The number of carboxylic acid groups (broad SMARTS) is 1. The van der Waals surface area contributed by atoms with Crippen LogP contribution in [-0.2, 0) is 9.53 Å². The van der Waals surface area contributed by atoms with Gasteiger partial charge in [0.15, 0.2) is 5.13 Å². The van der Waals surface area contributed by atoms with Crippen LogP contribution in [0.4, 0.5) is 9.93 Å². The third-order valence-electron chi connectivity index (χ3n) is 5.50. The van der Waals surface area contributed by atoms with E-state index >= 15 is 0 Å². The average molecular weight is 498 g/mol. The molecule has 0 saturated heterocycles. The number of amides is 2. The molecule has 1 aromatic heterocycles. The van der Waals surface area contributed by atoms with Crippen LogP contribution in [0.1, 0.15) is 33.1 Å². The van der Waals surface area contributed by atoms with Crippen LogP contribution in [-0.4, -0.2) is 52.7 Å². The first-order chi connectivity index (χ1) is 16.5. The van der Waals surface area contributed by atoms with E-state index < -0.39 is 24.0 Å². The summed E-state index contributed by atoms with van der Waals surface area (Å²) in [7, 11) is 0. The molecule has 0 radical (unpaired) electrons. The summed E-state index contributed by atoms with van der Waals surface area (Å²) in [5.41, 5.74) is 4.50. The Morgan fingerprint density at radius 2 is 1.76 bits per heavy atom. The number of anilines is 1. The zero-order valence-electron chi connectivity index (χ0n) is 18.3. The van der Waals surface area contributed by atoms with Crippen molar-refractivity contribution in [1.82, 2.24) is 10.3 Å². The summed E-state index contributed by atoms with van der Waals surface area (Å²) >= 11 is 2.45. The van der Waals surface area contributed by atoms with Crippen molar-refractivity contribution in [2.75, 3.05) is 23.9 Å². The number of aromatic nitrogens is 1. The molecule has 0 spiro atoms.